The molecule has 0 saturated carbocycles. The lowest BCUT2D eigenvalue weighted by atomic mass is 10.2. The van der Waals surface area contributed by atoms with Gasteiger partial charge in [-0.15, -0.1) is 0 Å². The van der Waals surface area contributed by atoms with Crippen molar-refractivity contribution in [1.29, 1.82) is 0 Å². The zero-order chi connectivity index (χ0) is 20.1. The van der Waals surface area contributed by atoms with Crippen molar-refractivity contribution >= 4 is 17.6 Å². The summed E-state index contributed by atoms with van der Waals surface area (Å²) in [6, 6.07) is 12.0. The zero-order valence-corrected chi connectivity index (χ0v) is 16.1. The molecule has 1 N–H and O–H groups in total. The van der Waals surface area contributed by atoms with E-state index in [2.05, 4.69) is 10.3 Å². The third kappa shape index (κ3) is 4.65. The minimum atomic E-state index is -0.421. The van der Waals surface area contributed by atoms with E-state index in [0.717, 1.165) is 6.42 Å². The molecule has 2 fully saturated rings. The fourth-order valence-electron chi connectivity index (χ4n) is 3.61. The molecule has 2 aromatic rings. The van der Waals surface area contributed by atoms with Gasteiger partial charge in [0, 0.05) is 37.6 Å². The lowest BCUT2D eigenvalue weighted by Crippen LogP contribution is -2.51. The first-order valence-electron chi connectivity index (χ1n) is 9.84. The van der Waals surface area contributed by atoms with Crippen molar-refractivity contribution in [3.8, 4) is 11.6 Å². The number of benzene rings is 1. The van der Waals surface area contributed by atoms with Crippen LogP contribution in [-0.4, -0.2) is 65.6 Å². The Morgan fingerprint density at radius 3 is 2.69 bits per heavy atom. The van der Waals surface area contributed by atoms with Gasteiger partial charge in [0.15, 0.2) is 0 Å². The number of anilines is 1. The maximum absolute atomic E-state index is 12.8. The standard InChI is InChI=1S/C21H24N4O4/c26-20(24-11-13-28-14-12-24)18-7-4-10-25(18)21(27)23-16-8-9-22-19(15-16)29-17-5-2-1-3-6-17/h1-3,5-6,8-9,15,18H,4,7,10-14H2,(H,22,23,27)/t18-/m0/s1. The van der Waals surface area contributed by atoms with Gasteiger partial charge in [-0.1, -0.05) is 18.2 Å². The van der Waals surface area contributed by atoms with Gasteiger partial charge in [0.25, 0.3) is 0 Å². The summed E-state index contributed by atoms with van der Waals surface area (Å²) in [6.45, 7) is 2.81. The second-order valence-corrected chi connectivity index (χ2v) is 7.02. The Kier molecular flexibility index (Phi) is 5.90. The summed E-state index contributed by atoms with van der Waals surface area (Å²) in [4.78, 5) is 33.3. The SMILES string of the molecule is O=C([C@@H]1CCCN1C(=O)Nc1ccnc(Oc2ccccc2)c1)N1CCOCC1. The average molecular weight is 396 g/mol. The van der Waals surface area contributed by atoms with Gasteiger partial charge in [-0.3, -0.25) is 4.79 Å². The Balaban J connectivity index is 1.40. The van der Waals surface area contributed by atoms with E-state index in [9.17, 15) is 9.59 Å². The van der Waals surface area contributed by atoms with Gasteiger partial charge in [0.05, 0.1) is 13.2 Å². The van der Waals surface area contributed by atoms with E-state index in [4.69, 9.17) is 9.47 Å². The molecule has 0 spiro atoms. The van der Waals surface area contributed by atoms with Gasteiger partial charge in [-0.2, -0.15) is 0 Å². The number of nitrogens with zero attached hydrogens (tertiary/aromatic N) is 3. The number of aromatic nitrogens is 1. The number of rotatable bonds is 4. The molecule has 2 saturated heterocycles. The number of hydrogen-bond acceptors (Lipinski definition) is 5. The number of morpholine rings is 1. The van der Waals surface area contributed by atoms with Crippen molar-refractivity contribution in [3.63, 3.8) is 0 Å². The highest BCUT2D eigenvalue weighted by molar-refractivity contribution is 5.94. The van der Waals surface area contributed by atoms with Gasteiger partial charge in [-0.05, 0) is 31.0 Å². The summed E-state index contributed by atoms with van der Waals surface area (Å²) >= 11 is 0. The molecule has 2 aliphatic heterocycles. The van der Waals surface area contributed by atoms with Gasteiger partial charge < -0.3 is 24.6 Å². The smallest absolute Gasteiger partial charge is 0.322 e. The molecule has 29 heavy (non-hydrogen) atoms. The van der Waals surface area contributed by atoms with Crippen LogP contribution in [0.3, 0.4) is 0 Å². The van der Waals surface area contributed by atoms with E-state index in [1.54, 1.807) is 28.1 Å². The highest BCUT2D eigenvalue weighted by atomic mass is 16.5. The summed E-state index contributed by atoms with van der Waals surface area (Å²) in [5.74, 6) is 1.05. The van der Waals surface area contributed by atoms with E-state index in [1.165, 1.54) is 0 Å². The second-order valence-electron chi connectivity index (χ2n) is 7.02. The first kappa shape index (κ1) is 19.2. The Hall–Kier alpha value is -3.13. The Labute approximate surface area is 169 Å². The topological polar surface area (TPSA) is 84.0 Å². The van der Waals surface area contributed by atoms with Crippen LogP contribution in [0.5, 0.6) is 11.6 Å². The number of para-hydroxylation sites is 1. The molecule has 0 aliphatic carbocycles. The van der Waals surface area contributed by atoms with Crippen LogP contribution in [0.15, 0.2) is 48.7 Å². The molecule has 3 amide bonds. The number of ether oxygens (including phenoxy) is 2. The number of likely N-dealkylation sites (tertiary alicyclic amines) is 1. The molecule has 0 bridgehead atoms. The van der Waals surface area contributed by atoms with Crippen LogP contribution in [-0.2, 0) is 9.53 Å². The maximum atomic E-state index is 12.8. The molecule has 1 atom stereocenters. The van der Waals surface area contributed by atoms with E-state index >= 15 is 0 Å². The fraction of sp³-hybridized carbons (Fsp3) is 0.381. The van der Waals surface area contributed by atoms with Crippen LogP contribution in [0.25, 0.3) is 0 Å². The Morgan fingerprint density at radius 1 is 1.10 bits per heavy atom. The largest absolute Gasteiger partial charge is 0.439 e. The van der Waals surface area contributed by atoms with Crippen LogP contribution >= 0.6 is 0 Å². The summed E-state index contributed by atoms with van der Waals surface area (Å²) in [7, 11) is 0. The average Bonchev–Trinajstić information content (AvgIpc) is 3.25. The first-order chi connectivity index (χ1) is 14.2. The molecule has 152 valence electrons. The van der Waals surface area contributed by atoms with E-state index in [-0.39, 0.29) is 11.9 Å². The number of pyridine rings is 1. The predicted octanol–water partition coefficient (Wildman–Crippen LogP) is 2.73. The van der Waals surface area contributed by atoms with Crippen molar-refractivity contribution in [3.05, 3.63) is 48.7 Å². The van der Waals surface area contributed by atoms with Crippen LogP contribution in [0.4, 0.5) is 10.5 Å². The third-order valence-corrected chi connectivity index (χ3v) is 5.07. The quantitative estimate of drug-likeness (QED) is 0.859. The minimum absolute atomic E-state index is 0.00350. The summed E-state index contributed by atoms with van der Waals surface area (Å²) in [6.07, 6.45) is 3.07. The third-order valence-electron chi connectivity index (χ3n) is 5.07. The Bertz CT molecular complexity index is 855. The minimum Gasteiger partial charge on any atom is -0.439 e. The zero-order valence-electron chi connectivity index (χ0n) is 16.1. The summed E-state index contributed by atoms with van der Waals surface area (Å²) < 4.78 is 11.0. The maximum Gasteiger partial charge on any atom is 0.322 e. The molecule has 8 heteroatoms. The Morgan fingerprint density at radius 2 is 1.90 bits per heavy atom. The lowest BCUT2D eigenvalue weighted by Gasteiger charge is -2.32. The summed E-state index contributed by atoms with van der Waals surface area (Å²) in [5.41, 5.74) is 0.570. The highest BCUT2D eigenvalue weighted by Gasteiger charge is 2.37. The van der Waals surface area contributed by atoms with Crippen molar-refractivity contribution < 1.29 is 19.1 Å². The van der Waals surface area contributed by atoms with Crippen molar-refractivity contribution in [2.75, 3.05) is 38.2 Å². The van der Waals surface area contributed by atoms with E-state index in [1.807, 2.05) is 30.3 Å². The fourth-order valence-corrected chi connectivity index (χ4v) is 3.61. The molecule has 2 aliphatic rings. The van der Waals surface area contributed by atoms with Gasteiger partial charge in [0.1, 0.15) is 11.8 Å². The van der Waals surface area contributed by atoms with Gasteiger partial charge in [-0.25, -0.2) is 9.78 Å². The van der Waals surface area contributed by atoms with Crippen molar-refractivity contribution in [2.45, 2.75) is 18.9 Å². The molecular weight excluding hydrogens is 372 g/mol. The normalized spacial score (nSPS) is 19.1. The predicted molar refractivity (Wildman–Crippen MR) is 107 cm³/mol. The number of carbonyl (C=O) groups excluding carboxylic acids is 2. The molecular formula is C21H24N4O4. The number of amides is 3. The molecule has 0 unspecified atom stereocenters. The van der Waals surface area contributed by atoms with Crippen molar-refractivity contribution in [1.82, 2.24) is 14.8 Å². The number of hydrogen-bond donors (Lipinski definition) is 1. The van der Waals surface area contributed by atoms with Gasteiger partial charge >= 0.3 is 6.03 Å². The number of nitrogens with one attached hydrogen (secondary N) is 1. The molecule has 4 rings (SSSR count). The molecule has 3 heterocycles. The van der Waals surface area contributed by atoms with Crippen LogP contribution in [0.1, 0.15) is 12.8 Å². The van der Waals surface area contributed by atoms with E-state index in [0.29, 0.717) is 56.6 Å². The monoisotopic (exact) mass is 396 g/mol. The number of carbonyl (C=O) groups is 2. The van der Waals surface area contributed by atoms with Gasteiger partial charge in [0.2, 0.25) is 11.8 Å². The molecule has 1 aromatic heterocycles. The van der Waals surface area contributed by atoms with E-state index < -0.39 is 6.04 Å². The van der Waals surface area contributed by atoms with Crippen LogP contribution in [0, 0.1) is 0 Å². The highest BCUT2D eigenvalue weighted by Crippen LogP contribution is 2.24. The lowest BCUT2D eigenvalue weighted by molar-refractivity contribution is -0.139. The van der Waals surface area contributed by atoms with Crippen molar-refractivity contribution in [2.24, 2.45) is 0 Å². The molecule has 0 radical (unpaired) electrons. The molecule has 1 aromatic carbocycles. The first-order valence-corrected chi connectivity index (χ1v) is 9.84. The second kappa shape index (κ2) is 8.91. The van der Waals surface area contributed by atoms with Crippen LogP contribution < -0.4 is 10.1 Å². The molecule has 8 nitrogen and oxygen atoms in total. The summed E-state index contributed by atoms with van der Waals surface area (Å²) in [5, 5.41) is 2.87. The van der Waals surface area contributed by atoms with Crippen LogP contribution in [0.2, 0.25) is 0 Å². The number of urea groups is 1.